The number of hydrogen-bond donors (Lipinski definition) is 2. The maximum Gasteiger partial charge on any atom is 0.259 e. The fraction of sp³-hybridized carbons (Fsp3) is 0.292. The van der Waals surface area contributed by atoms with Crippen LogP contribution in [0.3, 0.4) is 0 Å². The Kier molecular flexibility index (Phi) is 5.03. The van der Waals surface area contributed by atoms with E-state index in [0.29, 0.717) is 28.2 Å². The molecule has 1 amide bonds. The van der Waals surface area contributed by atoms with Gasteiger partial charge in [0.05, 0.1) is 17.1 Å². The highest BCUT2D eigenvalue weighted by atomic mass is 16.2. The van der Waals surface area contributed by atoms with Gasteiger partial charge in [0, 0.05) is 25.2 Å². The summed E-state index contributed by atoms with van der Waals surface area (Å²) in [6.45, 7) is 4.09. The maximum atomic E-state index is 13.0. The molecule has 1 aliphatic heterocycles. The van der Waals surface area contributed by atoms with Crippen molar-refractivity contribution in [3.05, 3.63) is 82.3 Å². The zero-order chi connectivity index (χ0) is 21.4. The summed E-state index contributed by atoms with van der Waals surface area (Å²) < 4.78 is 1.62. The molecule has 0 bridgehead atoms. The van der Waals surface area contributed by atoms with Crippen LogP contribution in [0, 0.1) is 0 Å². The molecular weight excluding hydrogens is 390 g/mol. The van der Waals surface area contributed by atoms with Crippen molar-refractivity contribution in [3.8, 4) is 0 Å². The molecular formula is C24H25N5O2. The first-order valence-corrected chi connectivity index (χ1v) is 10.7. The average molecular weight is 415 g/mol. The van der Waals surface area contributed by atoms with Crippen LogP contribution in [-0.4, -0.2) is 44.5 Å². The number of fused-ring (bicyclic) bond motifs is 3. The summed E-state index contributed by atoms with van der Waals surface area (Å²) in [5, 5.41) is 8.03. The summed E-state index contributed by atoms with van der Waals surface area (Å²) in [6.07, 6.45) is 3.31. The van der Waals surface area contributed by atoms with Crippen LogP contribution in [0.4, 0.5) is 0 Å². The summed E-state index contributed by atoms with van der Waals surface area (Å²) in [6, 6.07) is 18.2. The number of nitrogens with zero attached hydrogens (tertiary/aromatic N) is 3. The zero-order valence-corrected chi connectivity index (χ0v) is 17.4. The predicted molar refractivity (Wildman–Crippen MR) is 120 cm³/mol. The van der Waals surface area contributed by atoms with Crippen molar-refractivity contribution in [2.45, 2.75) is 31.8 Å². The quantitative estimate of drug-likeness (QED) is 0.537. The first-order valence-electron chi connectivity index (χ1n) is 10.7. The van der Waals surface area contributed by atoms with Crippen molar-refractivity contribution >= 4 is 22.5 Å². The molecule has 2 N–H and O–H groups in total. The molecule has 5 rings (SSSR count). The van der Waals surface area contributed by atoms with Crippen molar-refractivity contribution in [2.75, 3.05) is 13.1 Å². The molecule has 1 saturated heterocycles. The Morgan fingerprint density at radius 3 is 2.58 bits per heavy atom. The maximum absolute atomic E-state index is 13.0. The summed E-state index contributed by atoms with van der Waals surface area (Å²) >= 11 is 0. The van der Waals surface area contributed by atoms with E-state index in [2.05, 4.69) is 51.5 Å². The van der Waals surface area contributed by atoms with E-state index in [1.165, 1.54) is 11.8 Å². The second-order valence-electron chi connectivity index (χ2n) is 8.16. The van der Waals surface area contributed by atoms with E-state index in [4.69, 9.17) is 0 Å². The number of piperidine rings is 1. The first-order chi connectivity index (χ1) is 15.1. The van der Waals surface area contributed by atoms with Crippen molar-refractivity contribution in [2.24, 2.45) is 0 Å². The molecule has 7 nitrogen and oxygen atoms in total. The highest BCUT2D eigenvalue weighted by molar-refractivity contribution is 6.00. The van der Waals surface area contributed by atoms with Gasteiger partial charge >= 0.3 is 0 Å². The van der Waals surface area contributed by atoms with E-state index in [-0.39, 0.29) is 17.5 Å². The lowest BCUT2D eigenvalue weighted by atomic mass is 10.00. The highest BCUT2D eigenvalue weighted by Crippen LogP contribution is 2.24. The van der Waals surface area contributed by atoms with E-state index >= 15 is 0 Å². The van der Waals surface area contributed by atoms with Crippen LogP contribution in [0.15, 0.2) is 65.6 Å². The highest BCUT2D eigenvalue weighted by Gasteiger charge is 2.26. The lowest BCUT2D eigenvalue weighted by Crippen LogP contribution is -2.45. The molecule has 2 aromatic carbocycles. The molecule has 0 saturated carbocycles. The van der Waals surface area contributed by atoms with Crippen molar-refractivity contribution < 1.29 is 4.79 Å². The molecule has 2 aromatic heterocycles. The number of carbonyl (C=O) groups is 1. The lowest BCUT2D eigenvalue weighted by Gasteiger charge is -2.36. The van der Waals surface area contributed by atoms with Crippen molar-refractivity contribution in [3.63, 3.8) is 0 Å². The zero-order valence-electron chi connectivity index (χ0n) is 17.4. The standard InChI is InChI=1S/C24H25N5O2/c1-16(17-7-3-2-4-8-17)28-13-11-18(12-14-28)26-24(31)20-15-25-29-21-10-6-5-9-19(21)23(30)27-22(20)29/h2-10,15-16,18H,11-14H2,1H3,(H,26,31)(H,27,30). The van der Waals surface area contributed by atoms with E-state index in [0.717, 1.165) is 25.9 Å². The average Bonchev–Trinajstić information content (AvgIpc) is 3.24. The summed E-state index contributed by atoms with van der Waals surface area (Å²) in [5.74, 6) is -0.199. The monoisotopic (exact) mass is 415 g/mol. The predicted octanol–water partition coefficient (Wildman–Crippen LogP) is 3.13. The molecule has 1 aliphatic rings. The van der Waals surface area contributed by atoms with Gasteiger partial charge in [-0.05, 0) is 37.5 Å². The van der Waals surface area contributed by atoms with E-state index in [1.54, 1.807) is 10.6 Å². The number of para-hydroxylation sites is 1. The van der Waals surface area contributed by atoms with Crippen LogP contribution < -0.4 is 10.9 Å². The molecule has 0 aliphatic carbocycles. The Morgan fingerprint density at radius 2 is 1.81 bits per heavy atom. The van der Waals surface area contributed by atoms with Gasteiger partial charge in [-0.25, -0.2) is 4.52 Å². The molecule has 7 heteroatoms. The third kappa shape index (κ3) is 3.61. The van der Waals surface area contributed by atoms with Gasteiger partial charge in [0.2, 0.25) is 0 Å². The number of nitrogens with one attached hydrogen (secondary N) is 2. The van der Waals surface area contributed by atoms with Crippen LogP contribution in [0.2, 0.25) is 0 Å². The van der Waals surface area contributed by atoms with Gasteiger partial charge in [-0.3, -0.25) is 14.5 Å². The summed E-state index contributed by atoms with van der Waals surface area (Å²) in [5.41, 5.74) is 2.59. The SMILES string of the molecule is CC(c1ccccc1)N1CCC(NC(=O)c2cnn3c2[nH]c(=O)c2ccccc23)CC1. The number of aromatic nitrogens is 3. The van der Waals surface area contributed by atoms with Crippen molar-refractivity contribution in [1.82, 2.24) is 24.8 Å². The van der Waals surface area contributed by atoms with E-state index < -0.39 is 0 Å². The Morgan fingerprint density at radius 1 is 1.10 bits per heavy atom. The van der Waals surface area contributed by atoms with Crippen LogP contribution in [0.25, 0.3) is 16.6 Å². The largest absolute Gasteiger partial charge is 0.349 e. The van der Waals surface area contributed by atoms with Gasteiger partial charge in [-0.2, -0.15) is 5.10 Å². The number of benzene rings is 2. The number of hydrogen-bond acceptors (Lipinski definition) is 4. The molecule has 1 unspecified atom stereocenters. The van der Waals surface area contributed by atoms with Gasteiger partial charge < -0.3 is 10.3 Å². The lowest BCUT2D eigenvalue weighted by molar-refractivity contribution is 0.0897. The molecule has 158 valence electrons. The Bertz CT molecular complexity index is 1290. The smallest absolute Gasteiger partial charge is 0.259 e. The van der Waals surface area contributed by atoms with Crippen LogP contribution in [0.5, 0.6) is 0 Å². The second kappa shape index (κ2) is 8.00. The third-order valence-electron chi connectivity index (χ3n) is 6.32. The van der Waals surface area contributed by atoms with Gasteiger partial charge in [0.15, 0.2) is 0 Å². The minimum Gasteiger partial charge on any atom is -0.349 e. The van der Waals surface area contributed by atoms with Gasteiger partial charge in [0.25, 0.3) is 11.5 Å². The van der Waals surface area contributed by atoms with Gasteiger partial charge in [-0.15, -0.1) is 0 Å². The van der Waals surface area contributed by atoms with Crippen LogP contribution in [0.1, 0.15) is 41.7 Å². The van der Waals surface area contributed by atoms with Crippen molar-refractivity contribution in [1.29, 1.82) is 0 Å². The van der Waals surface area contributed by atoms with E-state index in [1.807, 2.05) is 24.3 Å². The van der Waals surface area contributed by atoms with Crippen LogP contribution >= 0.6 is 0 Å². The third-order valence-corrected chi connectivity index (χ3v) is 6.32. The molecule has 31 heavy (non-hydrogen) atoms. The molecule has 0 spiro atoms. The Hall–Kier alpha value is -3.45. The first kappa shape index (κ1) is 19.5. The second-order valence-corrected chi connectivity index (χ2v) is 8.16. The molecule has 1 fully saturated rings. The minimum atomic E-state index is -0.221. The molecule has 0 radical (unpaired) electrons. The summed E-state index contributed by atoms with van der Waals surface area (Å²) in [7, 11) is 0. The summed E-state index contributed by atoms with van der Waals surface area (Å²) in [4.78, 5) is 30.7. The van der Waals surface area contributed by atoms with Gasteiger partial charge in [-0.1, -0.05) is 42.5 Å². The molecule has 3 heterocycles. The Balaban J connectivity index is 1.29. The number of rotatable bonds is 4. The molecule has 4 aromatic rings. The normalized spacial score (nSPS) is 16.5. The van der Waals surface area contributed by atoms with E-state index in [9.17, 15) is 9.59 Å². The molecule has 1 atom stereocenters. The van der Waals surface area contributed by atoms with Gasteiger partial charge in [0.1, 0.15) is 11.2 Å². The number of aromatic amines is 1. The number of likely N-dealkylation sites (tertiary alicyclic amines) is 1. The topological polar surface area (TPSA) is 82.5 Å². The number of amides is 1. The minimum absolute atomic E-state index is 0.105. The fourth-order valence-electron chi connectivity index (χ4n) is 4.48. The number of H-pyrrole nitrogens is 1. The van der Waals surface area contributed by atoms with Crippen LogP contribution in [-0.2, 0) is 0 Å². The number of carbonyl (C=O) groups excluding carboxylic acids is 1. The fourth-order valence-corrected chi connectivity index (χ4v) is 4.48. The Labute approximate surface area is 179 Å².